The molecular formula is C17H28N2O2. The molecule has 0 saturated heterocycles. The van der Waals surface area contributed by atoms with Crippen LogP contribution in [0, 0.1) is 0 Å². The van der Waals surface area contributed by atoms with E-state index in [1.807, 2.05) is 24.3 Å². The van der Waals surface area contributed by atoms with E-state index in [2.05, 4.69) is 37.9 Å². The largest absolute Gasteiger partial charge is 0.380 e. The summed E-state index contributed by atoms with van der Waals surface area (Å²) in [5.74, 6) is -0.0274. The van der Waals surface area contributed by atoms with Crippen LogP contribution in [0.15, 0.2) is 24.3 Å². The van der Waals surface area contributed by atoms with Crippen molar-refractivity contribution in [1.82, 2.24) is 10.2 Å². The first kappa shape index (κ1) is 17.7. The zero-order valence-electron chi connectivity index (χ0n) is 13.8. The van der Waals surface area contributed by atoms with Gasteiger partial charge in [-0.25, -0.2) is 0 Å². The number of carbonyl (C=O) groups excluding carboxylic acids is 1. The summed E-state index contributed by atoms with van der Waals surface area (Å²) in [5.41, 5.74) is 1.70. The molecule has 1 aromatic carbocycles. The van der Waals surface area contributed by atoms with Gasteiger partial charge in [-0.05, 0) is 45.4 Å². The van der Waals surface area contributed by atoms with E-state index >= 15 is 0 Å². The Morgan fingerprint density at radius 3 is 2.48 bits per heavy atom. The number of nitrogens with one attached hydrogen (secondary N) is 1. The lowest BCUT2D eigenvalue weighted by atomic mass is 10.1. The molecule has 0 aliphatic rings. The van der Waals surface area contributed by atoms with Gasteiger partial charge in [0.25, 0.3) is 5.91 Å². The molecule has 118 valence electrons. The van der Waals surface area contributed by atoms with Gasteiger partial charge in [0.05, 0.1) is 6.61 Å². The van der Waals surface area contributed by atoms with Gasteiger partial charge < -0.3 is 10.1 Å². The van der Waals surface area contributed by atoms with Gasteiger partial charge in [-0.1, -0.05) is 12.1 Å². The van der Waals surface area contributed by atoms with E-state index in [1.165, 1.54) is 0 Å². The molecule has 4 nitrogen and oxygen atoms in total. The molecule has 0 atom stereocenters. The molecule has 0 unspecified atom stereocenters. The Bertz CT molecular complexity index is 436. The van der Waals surface area contributed by atoms with Crippen molar-refractivity contribution in [3.63, 3.8) is 0 Å². The third-order valence-corrected chi connectivity index (χ3v) is 3.48. The molecule has 1 rings (SSSR count). The minimum absolute atomic E-state index is 0.0274. The quantitative estimate of drug-likeness (QED) is 0.801. The summed E-state index contributed by atoms with van der Waals surface area (Å²) in [6.45, 7) is 10.7. The van der Waals surface area contributed by atoms with Gasteiger partial charge in [0.15, 0.2) is 0 Å². The summed E-state index contributed by atoms with van der Waals surface area (Å²) in [6, 6.07) is 8.51. The molecule has 0 aliphatic carbocycles. The average molecular weight is 292 g/mol. The number of benzene rings is 1. The fourth-order valence-corrected chi connectivity index (χ4v) is 2.48. The van der Waals surface area contributed by atoms with Crippen LogP contribution in [0.2, 0.25) is 0 Å². The van der Waals surface area contributed by atoms with E-state index in [-0.39, 0.29) is 5.91 Å². The molecule has 21 heavy (non-hydrogen) atoms. The molecule has 0 heterocycles. The highest BCUT2D eigenvalue weighted by atomic mass is 16.5. The van der Waals surface area contributed by atoms with Crippen LogP contribution in [0.4, 0.5) is 0 Å². The van der Waals surface area contributed by atoms with Gasteiger partial charge in [0, 0.05) is 37.8 Å². The summed E-state index contributed by atoms with van der Waals surface area (Å²) in [7, 11) is 1.65. The molecule has 1 amide bonds. The Hall–Kier alpha value is -1.39. The highest BCUT2D eigenvalue weighted by Crippen LogP contribution is 2.07. The highest BCUT2D eigenvalue weighted by Gasteiger charge is 2.13. The van der Waals surface area contributed by atoms with Crippen molar-refractivity contribution in [3.05, 3.63) is 35.4 Å². The molecule has 0 spiro atoms. The number of methoxy groups -OCH3 is 1. The van der Waals surface area contributed by atoms with Gasteiger partial charge in [-0.2, -0.15) is 0 Å². The van der Waals surface area contributed by atoms with E-state index in [4.69, 9.17) is 4.74 Å². The van der Waals surface area contributed by atoms with Crippen LogP contribution >= 0.6 is 0 Å². The topological polar surface area (TPSA) is 41.6 Å². The molecule has 0 aliphatic heterocycles. The van der Waals surface area contributed by atoms with Gasteiger partial charge in [0.1, 0.15) is 0 Å². The number of hydrogen-bond acceptors (Lipinski definition) is 3. The predicted octanol–water partition coefficient (Wildman–Crippen LogP) is 2.68. The summed E-state index contributed by atoms with van der Waals surface area (Å²) in [5, 5.41) is 2.99. The third-order valence-electron chi connectivity index (χ3n) is 3.48. The lowest BCUT2D eigenvalue weighted by molar-refractivity contribution is 0.0939. The van der Waals surface area contributed by atoms with Crippen molar-refractivity contribution < 1.29 is 9.53 Å². The summed E-state index contributed by atoms with van der Waals surface area (Å²) in [6.07, 6.45) is 0. The fourth-order valence-electron chi connectivity index (χ4n) is 2.48. The van der Waals surface area contributed by atoms with E-state index in [1.54, 1.807) is 7.11 Å². The standard InChI is InChI=1S/C17H28N2O2/c1-13(2)19(14(3)4)10-9-18-17(20)16-8-6-7-15(11-16)12-21-5/h6-8,11,13-14H,9-10,12H2,1-5H3,(H,18,20). The van der Waals surface area contributed by atoms with Gasteiger partial charge >= 0.3 is 0 Å². The molecular weight excluding hydrogens is 264 g/mol. The fraction of sp³-hybridized carbons (Fsp3) is 0.588. The Labute approximate surface area is 128 Å². The van der Waals surface area contributed by atoms with Crippen molar-refractivity contribution >= 4 is 5.91 Å². The van der Waals surface area contributed by atoms with E-state index in [0.717, 1.165) is 12.1 Å². The van der Waals surface area contributed by atoms with Crippen molar-refractivity contribution in [1.29, 1.82) is 0 Å². The Kier molecular flexibility index (Phi) is 7.40. The van der Waals surface area contributed by atoms with E-state index in [0.29, 0.717) is 30.8 Å². The predicted molar refractivity (Wildman–Crippen MR) is 86.5 cm³/mol. The molecule has 0 fully saturated rings. The van der Waals surface area contributed by atoms with E-state index in [9.17, 15) is 4.79 Å². The molecule has 1 N–H and O–H groups in total. The molecule has 4 heteroatoms. The maximum absolute atomic E-state index is 12.2. The number of ether oxygens (including phenoxy) is 1. The molecule has 0 bridgehead atoms. The average Bonchev–Trinajstić information content (AvgIpc) is 2.43. The maximum Gasteiger partial charge on any atom is 0.251 e. The van der Waals surface area contributed by atoms with Gasteiger partial charge in [-0.15, -0.1) is 0 Å². The zero-order valence-corrected chi connectivity index (χ0v) is 13.8. The van der Waals surface area contributed by atoms with E-state index < -0.39 is 0 Å². The van der Waals surface area contributed by atoms with Crippen LogP contribution in [0.3, 0.4) is 0 Å². The lowest BCUT2D eigenvalue weighted by Crippen LogP contribution is -2.42. The van der Waals surface area contributed by atoms with Gasteiger partial charge in [0.2, 0.25) is 0 Å². The van der Waals surface area contributed by atoms with Gasteiger partial charge in [-0.3, -0.25) is 9.69 Å². The van der Waals surface area contributed by atoms with Crippen LogP contribution in [-0.2, 0) is 11.3 Å². The summed E-state index contributed by atoms with van der Waals surface area (Å²) in [4.78, 5) is 14.5. The SMILES string of the molecule is COCc1cccc(C(=O)NCCN(C(C)C)C(C)C)c1. The Balaban J connectivity index is 2.52. The van der Waals surface area contributed by atoms with Crippen LogP contribution < -0.4 is 5.32 Å². The number of amides is 1. The second-order valence-electron chi connectivity index (χ2n) is 5.81. The summed E-state index contributed by atoms with van der Waals surface area (Å²) >= 11 is 0. The minimum Gasteiger partial charge on any atom is -0.380 e. The van der Waals surface area contributed by atoms with Crippen molar-refractivity contribution in [2.75, 3.05) is 20.2 Å². The maximum atomic E-state index is 12.2. The Morgan fingerprint density at radius 1 is 1.24 bits per heavy atom. The van der Waals surface area contributed by atoms with Crippen molar-refractivity contribution in [2.24, 2.45) is 0 Å². The first-order valence-electron chi connectivity index (χ1n) is 7.57. The minimum atomic E-state index is -0.0274. The summed E-state index contributed by atoms with van der Waals surface area (Å²) < 4.78 is 5.09. The molecule has 0 radical (unpaired) electrons. The zero-order chi connectivity index (χ0) is 15.8. The van der Waals surface area contributed by atoms with Crippen LogP contribution in [-0.4, -0.2) is 43.1 Å². The van der Waals surface area contributed by atoms with Crippen molar-refractivity contribution in [3.8, 4) is 0 Å². The van der Waals surface area contributed by atoms with Crippen molar-refractivity contribution in [2.45, 2.75) is 46.4 Å². The van der Waals surface area contributed by atoms with Crippen LogP contribution in [0.25, 0.3) is 0 Å². The normalized spacial score (nSPS) is 11.4. The second-order valence-corrected chi connectivity index (χ2v) is 5.81. The van der Waals surface area contributed by atoms with Crippen LogP contribution in [0.5, 0.6) is 0 Å². The molecule has 0 saturated carbocycles. The van der Waals surface area contributed by atoms with Crippen LogP contribution in [0.1, 0.15) is 43.6 Å². The number of rotatable bonds is 8. The second kappa shape index (κ2) is 8.80. The monoisotopic (exact) mass is 292 g/mol. The molecule has 0 aromatic heterocycles. The highest BCUT2D eigenvalue weighted by molar-refractivity contribution is 5.94. The Morgan fingerprint density at radius 2 is 1.90 bits per heavy atom. The smallest absolute Gasteiger partial charge is 0.251 e. The number of nitrogens with zero attached hydrogens (tertiary/aromatic N) is 1. The first-order chi connectivity index (χ1) is 9.95. The first-order valence-corrected chi connectivity index (χ1v) is 7.57. The third kappa shape index (κ3) is 5.86. The lowest BCUT2D eigenvalue weighted by Gasteiger charge is -2.30. The number of carbonyl (C=O) groups is 1. The molecule has 1 aromatic rings. The number of hydrogen-bond donors (Lipinski definition) is 1.